The summed E-state index contributed by atoms with van der Waals surface area (Å²) in [5, 5.41) is 2.07. The highest BCUT2D eigenvalue weighted by Gasteiger charge is 2.26. The van der Waals surface area contributed by atoms with Gasteiger partial charge < -0.3 is 0 Å². The fraction of sp³-hybridized carbons (Fsp3) is 0.250. The zero-order chi connectivity index (χ0) is 9.54. The van der Waals surface area contributed by atoms with Crippen LogP contribution in [0.5, 0.6) is 0 Å². The first-order valence-corrected chi connectivity index (χ1v) is 4.89. The Hall–Kier alpha value is -1.44. The SMILES string of the molecule is Fc1ccc2c(C3CC3)nccc2c1. The van der Waals surface area contributed by atoms with Crippen LogP contribution >= 0.6 is 0 Å². The highest BCUT2D eigenvalue weighted by atomic mass is 19.1. The molecular formula is C12H10FN. The molecule has 0 N–H and O–H groups in total. The van der Waals surface area contributed by atoms with Crippen molar-refractivity contribution in [1.29, 1.82) is 0 Å². The van der Waals surface area contributed by atoms with Crippen LogP contribution in [-0.2, 0) is 0 Å². The van der Waals surface area contributed by atoms with E-state index in [1.54, 1.807) is 12.3 Å². The lowest BCUT2D eigenvalue weighted by Gasteiger charge is -2.03. The summed E-state index contributed by atoms with van der Waals surface area (Å²) >= 11 is 0. The predicted molar refractivity (Wildman–Crippen MR) is 53.7 cm³/mol. The topological polar surface area (TPSA) is 12.9 Å². The van der Waals surface area contributed by atoms with E-state index in [0.29, 0.717) is 5.92 Å². The number of fused-ring (bicyclic) bond motifs is 1. The van der Waals surface area contributed by atoms with E-state index in [1.165, 1.54) is 18.9 Å². The molecule has 1 fully saturated rings. The van der Waals surface area contributed by atoms with Crippen molar-refractivity contribution in [2.75, 3.05) is 0 Å². The quantitative estimate of drug-likeness (QED) is 0.667. The fourth-order valence-electron chi connectivity index (χ4n) is 1.85. The average molecular weight is 187 g/mol. The molecule has 1 saturated carbocycles. The van der Waals surface area contributed by atoms with E-state index in [9.17, 15) is 4.39 Å². The Morgan fingerprint density at radius 1 is 1.21 bits per heavy atom. The van der Waals surface area contributed by atoms with Crippen LogP contribution in [-0.4, -0.2) is 4.98 Å². The molecule has 0 atom stereocenters. The minimum atomic E-state index is -0.176. The van der Waals surface area contributed by atoms with Gasteiger partial charge in [0.05, 0.1) is 5.69 Å². The number of aromatic nitrogens is 1. The van der Waals surface area contributed by atoms with Gasteiger partial charge in [-0.1, -0.05) is 0 Å². The van der Waals surface area contributed by atoms with E-state index in [0.717, 1.165) is 16.5 Å². The van der Waals surface area contributed by atoms with Gasteiger partial charge in [-0.25, -0.2) is 4.39 Å². The first-order valence-electron chi connectivity index (χ1n) is 4.89. The van der Waals surface area contributed by atoms with Gasteiger partial charge >= 0.3 is 0 Å². The van der Waals surface area contributed by atoms with E-state index >= 15 is 0 Å². The Morgan fingerprint density at radius 2 is 2.07 bits per heavy atom. The number of nitrogens with zero attached hydrogens (tertiary/aromatic N) is 1. The van der Waals surface area contributed by atoms with Crippen molar-refractivity contribution in [3.8, 4) is 0 Å². The maximum Gasteiger partial charge on any atom is 0.123 e. The van der Waals surface area contributed by atoms with Gasteiger partial charge in [0.25, 0.3) is 0 Å². The minimum absolute atomic E-state index is 0.176. The fourth-order valence-corrected chi connectivity index (χ4v) is 1.85. The highest BCUT2D eigenvalue weighted by molar-refractivity contribution is 5.85. The van der Waals surface area contributed by atoms with Crippen LogP contribution in [0.3, 0.4) is 0 Å². The summed E-state index contributed by atoms with van der Waals surface area (Å²) in [6.45, 7) is 0. The van der Waals surface area contributed by atoms with Gasteiger partial charge in [0, 0.05) is 17.5 Å². The number of halogens is 1. The number of rotatable bonds is 1. The second-order valence-electron chi connectivity index (χ2n) is 3.84. The van der Waals surface area contributed by atoms with Gasteiger partial charge in [-0.2, -0.15) is 0 Å². The summed E-state index contributed by atoms with van der Waals surface area (Å²) < 4.78 is 13.0. The summed E-state index contributed by atoms with van der Waals surface area (Å²) in [5.41, 5.74) is 1.14. The van der Waals surface area contributed by atoms with Crippen LogP contribution in [0.2, 0.25) is 0 Å². The van der Waals surface area contributed by atoms with Crippen molar-refractivity contribution in [3.63, 3.8) is 0 Å². The summed E-state index contributed by atoms with van der Waals surface area (Å²) in [4.78, 5) is 4.38. The molecule has 1 aromatic heterocycles. The molecule has 3 rings (SSSR count). The van der Waals surface area contributed by atoms with E-state index < -0.39 is 0 Å². The maximum atomic E-state index is 13.0. The molecule has 0 unspecified atom stereocenters. The monoisotopic (exact) mass is 187 g/mol. The number of benzene rings is 1. The third-order valence-electron chi connectivity index (χ3n) is 2.72. The number of pyridine rings is 1. The van der Waals surface area contributed by atoms with Crippen LogP contribution in [0.25, 0.3) is 10.8 Å². The normalized spacial score (nSPS) is 16.1. The Balaban J connectivity index is 2.30. The second-order valence-corrected chi connectivity index (χ2v) is 3.84. The molecule has 0 spiro atoms. The molecule has 0 bridgehead atoms. The van der Waals surface area contributed by atoms with Crippen LogP contribution in [0, 0.1) is 5.82 Å². The molecule has 0 saturated heterocycles. The first-order chi connectivity index (χ1) is 6.84. The van der Waals surface area contributed by atoms with Crippen molar-refractivity contribution in [1.82, 2.24) is 4.98 Å². The molecule has 2 heteroatoms. The second kappa shape index (κ2) is 2.77. The van der Waals surface area contributed by atoms with Crippen molar-refractivity contribution >= 4 is 10.8 Å². The Bertz CT molecular complexity index is 489. The molecule has 0 amide bonds. The third kappa shape index (κ3) is 1.18. The van der Waals surface area contributed by atoms with Crippen molar-refractivity contribution in [2.45, 2.75) is 18.8 Å². The molecule has 1 heterocycles. The lowest BCUT2D eigenvalue weighted by Crippen LogP contribution is -1.88. The van der Waals surface area contributed by atoms with E-state index in [1.807, 2.05) is 12.1 Å². The van der Waals surface area contributed by atoms with Crippen LogP contribution in [0.15, 0.2) is 30.5 Å². The van der Waals surface area contributed by atoms with E-state index in [2.05, 4.69) is 4.98 Å². The zero-order valence-electron chi connectivity index (χ0n) is 7.70. The molecule has 1 nitrogen and oxygen atoms in total. The van der Waals surface area contributed by atoms with E-state index in [4.69, 9.17) is 0 Å². The minimum Gasteiger partial charge on any atom is -0.260 e. The largest absolute Gasteiger partial charge is 0.260 e. The van der Waals surface area contributed by atoms with Gasteiger partial charge in [-0.15, -0.1) is 0 Å². The number of hydrogen-bond acceptors (Lipinski definition) is 1. The molecule has 1 aliphatic carbocycles. The molecule has 1 aliphatic rings. The first kappa shape index (κ1) is 7.92. The lowest BCUT2D eigenvalue weighted by molar-refractivity contribution is 0.629. The predicted octanol–water partition coefficient (Wildman–Crippen LogP) is 3.25. The smallest absolute Gasteiger partial charge is 0.123 e. The number of hydrogen-bond donors (Lipinski definition) is 0. The molecule has 14 heavy (non-hydrogen) atoms. The molecule has 0 radical (unpaired) electrons. The highest BCUT2D eigenvalue weighted by Crippen LogP contribution is 2.41. The van der Waals surface area contributed by atoms with Gasteiger partial charge in [-0.3, -0.25) is 4.98 Å². The Kier molecular flexibility index (Phi) is 1.57. The Morgan fingerprint density at radius 3 is 2.86 bits per heavy atom. The molecule has 1 aromatic carbocycles. The van der Waals surface area contributed by atoms with Gasteiger partial charge in [0.15, 0.2) is 0 Å². The molecular weight excluding hydrogens is 177 g/mol. The molecule has 2 aromatic rings. The standard InChI is InChI=1S/C12H10FN/c13-10-3-4-11-9(7-10)5-6-14-12(11)8-1-2-8/h3-8H,1-2H2. The summed E-state index contributed by atoms with van der Waals surface area (Å²) in [6.07, 6.45) is 4.22. The summed E-state index contributed by atoms with van der Waals surface area (Å²) in [6, 6.07) is 6.79. The Labute approximate surface area is 81.6 Å². The van der Waals surface area contributed by atoms with Crippen molar-refractivity contribution in [2.24, 2.45) is 0 Å². The summed E-state index contributed by atoms with van der Waals surface area (Å²) in [5.74, 6) is 0.439. The van der Waals surface area contributed by atoms with E-state index in [-0.39, 0.29) is 5.82 Å². The van der Waals surface area contributed by atoms with Crippen LogP contribution in [0.1, 0.15) is 24.5 Å². The average Bonchev–Trinajstić information content (AvgIpc) is 2.99. The van der Waals surface area contributed by atoms with Gasteiger partial charge in [0.2, 0.25) is 0 Å². The zero-order valence-corrected chi connectivity index (χ0v) is 7.70. The van der Waals surface area contributed by atoms with Crippen LogP contribution in [0.4, 0.5) is 4.39 Å². The van der Waals surface area contributed by atoms with Crippen molar-refractivity contribution < 1.29 is 4.39 Å². The lowest BCUT2D eigenvalue weighted by atomic mass is 10.1. The van der Waals surface area contributed by atoms with Crippen LogP contribution < -0.4 is 0 Å². The third-order valence-corrected chi connectivity index (χ3v) is 2.72. The summed E-state index contributed by atoms with van der Waals surface area (Å²) in [7, 11) is 0. The molecule has 70 valence electrons. The maximum absolute atomic E-state index is 13.0. The van der Waals surface area contributed by atoms with Crippen molar-refractivity contribution in [3.05, 3.63) is 42.0 Å². The van der Waals surface area contributed by atoms with Gasteiger partial charge in [-0.05, 0) is 42.5 Å². The van der Waals surface area contributed by atoms with Gasteiger partial charge in [0.1, 0.15) is 5.82 Å². The molecule has 0 aliphatic heterocycles.